The molecule has 0 aliphatic carbocycles. The summed E-state index contributed by atoms with van der Waals surface area (Å²) >= 11 is 0. The van der Waals surface area contributed by atoms with Gasteiger partial charge in [0.05, 0.1) is 0 Å². The smallest absolute Gasteiger partial charge is 0.156 e. The number of hydrogen-bond acceptors (Lipinski definition) is 1. The monoisotopic (exact) mass is 350 g/mol. The Morgan fingerprint density at radius 1 is 1.00 bits per heavy atom. The number of hydrogen-bond donors (Lipinski definition) is 0. The van der Waals surface area contributed by atoms with Crippen molar-refractivity contribution in [3.05, 3.63) is 81.0 Å². The van der Waals surface area contributed by atoms with Crippen molar-refractivity contribution in [1.29, 1.82) is 0 Å². The van der Waals surface area contributed by atoms with Crippen molar-refractivity contribution in [3.8, 4) is 0 Å². The second-order valence-electron chi connectivity index (χ2n) is 7.55. The first-order chi connectivity index (χ1) is 12.0. The molecule has 0 N–H and O–H groups in total. The summed E-state index contributed by atoms with van der Waals surface area (Å²) in [7, 11) is 0. The maximum absolute atomic E-state index is 12.6. The van der Waals surface area contributed by atoms with Gasteiger partial charge in [-0.05, 0) is 84.6 Å². The first-order valence-electron chi connectivity index (χ1n) is 9.28. The average molecular weight is 351 g/mol. The second-order valence-corrected chi connectivity index (χ2v) is 7.55. The highest BCUT2D eigenvalue weighted by atomic mass is 16.1. The van der Waals surface area contributed by atoms with Crippen molar-refractivity contribution in [1.82, 2.24) is 0 Å². The maximum atomic E-state index is 12.6. The largest absolute Gasteiger partial charge is 0.295 e. The van der Waals surface area contributed by atoms with Gasteiger partial charge in [0, 0.05) is 11.5 Å². The van der Waals surface area contributed by atoms with Crippen molar-refractivity contribution < 1.29 is 4.79 Å². The highest BCUT2D eigenvalue weighted by Gasteiger charge is 2.28. The summed E-state index contributed by atoms with van der Waals surface area (Å²) in [5, 5.41) is 0. The minimum Gasteiger partial charge on any atom is -0.295 e. The van der Waals surface area contributed by atoms with Crippen LogP contribution in [0.3, 0.4) is 0 Å². The van der Waals surface area contributed by atoms with Gasteiger partial charge in [-0.2, -0.15) is 0 Å². The Morgan fingerprint density at radius 2 is 1.58 bits per heavy atom. The summed E-state index contributed by atoms with van der Waals surface area (Å²) in [6, 6.07) is 6.49. The normalized spacial score (nSPS) is 13.8. The molecule has 0 saturated heterocycles. The Labute approximate surface area is 160 Å². The van der Waals surface area contributed by atoms with E-state index in [2.05, 4.69) is 58.5 Å². The molecule has 0 aromatic heterocycles. The van der Waals surface area contributed by atoms with Crippen LogP contribution in [-0.2, 0) is 4.79 Å². The molecule has 0 fully saturated rings. The van der Waals surface area contributed by atoms with Gasteiger partial charge >= 0.3 is 0 Å². The molecule has 1 atom stereocenters. The predicted molar refractivity (Wildman–Crippen MR) is 115 cm³/mol. The number of ketones is 1. The second kappa shape index (κ2) is 8.98. The van der Waals surface area contributed by atoms with Gasteiger partial charge in [0.25, 0.3) is 0 Å². The number of carbonyl (C=O) groups is 1. The topological polar surface area (TPSA) is 17.1 Å². The molecule has 0 heterocycles. The zero-order chi connectivity index (χ0) is 20.2. The van der Waals surface area contributed by atoms with E-state index in [4.69, 9.17) is 0 Å². The molecule has 26 heavy (non-hydrogen) atoms. The van der Waals surface area contributed by atoms with Crippen LogP contribution in [0.25, 0.3) is 0 Å². The van der Waals surface area contributed by atoms with Gasteiger partial charge in [-0.15, -0.1) is 0 Å². The van der Waals surface area contributed by atoms with Crippen molar-refractivity contribution in [2.75, 3.05) is 0 Å². The number of Topliss-reactive ketones (excluding diaryl/α,β-unsaturated/α-hetero) is 1. The summed E-state index contributed by atoms with van der Waals surface area (Å²) in [5.41, 5.74) is 10.1. The van der Waals surface area contributed by atoms with Gasteiger partial charge in [-0.25, -0.2) is 0 Å². The lowest BCUT2D eigenvalue weighted by atomic mass is 9.74. The Balaban J connectivity index is 4.00. The molecule has 0 aliphatic heterocycles. The van der Waals surface area contributed by atoms with Gasteiger partial charge in [-0.1, -0.05) is 53.1 Å². The van der Waals surface area contributed by atoms with Crippen LogP contribution in [0.5, 0.6) is 0 Å². The molecule has 1 aromatic rings. The SMILES string of the molecule is C=C(C)/C(=C(C)\C(C)=C/C)C(C(C(C)=O)=C(C)C)c1ccc(C)cc1C. The number of rotatable bonds is 6. The molecule has 0 bridgehead atoms. The Morgan fingerprint density at radius 3 is 1.96 bits per heavy atom. The molecule has 0 aliphatic rings. The summed E-state index contributed by atoms with van der Waals surface area (Å²) in [4.78, 5) is 12.6. The molecule has 140 valence electrons. The van der Waals surface area contributed by atoms with Crippen LogP contribution in [-0.4, -0.2) is 5.78 Å². The van der Waals surface area contributed by atoms with Crippen LogP contribution >= 0.6 is 0 Å². The van der Waals surface area contributed by atoms with Crippen molar-refractivity contribution >= 4 is 5.78 Å². The lowest BCUT2D eigenvalue weighted by molar-refractivity contribution is -0.113. The fourth-order valence-electron chi connectivity index (χ4n) is 3.66. The van der Waals surface area contributed by atoms with E-state index in [1.54, 1.807) is 6.92 Å². The third kappa shape index (κ3) is 4.72. The molecule has 1 nitrogen and oxygen atoms in total. The van der Waals surface area contributed by atoms with Gasteiger partial charge < -0.3 is 0 Å². The first-order valence-corrected chi connectivity index (χ1v) is 9.28. The Hall–Kier alpha value is -2.15. The third-order valence-electron chi connectivity index (χ3n) is 5.12. The molecule has 1 heteroatoms. The Kier molecular flexibility index (Phi) is 7.56. The van der Waals surface area contributed by atoms with Gasteiger partial charge in [0.1, 0.15) is 0 Å². The molecule has 0 spiro atoms. The number of carbonyl (C=O) groups excluding carboxylic acids is 1. The van der Waals surface area contributed by atoms with Crippen molar-refractivity contribution in [2.24, 2.45) is 0 Å². The van der Waals surface area contributed by atoms with Crippen LogP contribution in [0.15, 0.2) is 64.3 Å². The van der Waals surface area contributed by atoms with Crippen LogP contribution in [0.2, 0.25) is 0 Å². The van der Waals surface area contributed by atoms with E-state index in [0.717, 1.165) is 22.3 Å². The van der Waals surface area contributed by atoms with E-state index in [0.29, 0.717) is 0 Å². The minimum atomic E-state index is -0.0921. The minimum absolute atomic E-state index is 0.0921. The fourth-order valence-corrected chi connectivity index (χ4v) is 3.66. The van der Waals surface area contributed by atoms with E-state index in [-0.39, 0.29) is 11.7 Å². The first kappa shape index (κ1) is 21.9. The van der Waals surface area contributed by atoms with Gasteiger partial charge in [0.15, 0.2) is 5.78 Å². The number of benzene rings is 1. The lowest BCUT2D eigenvalue weighted by Crippen LogP contribution is -2.17. The van der Waals surface area contributed by atoms with Gasteiger partial charge in [0.2, 0.25) is 0 Å². The zero-order valence-electron chi connectivity index (χ0n) is 18.0. The summed E-state index contributed by atoms with van der Waals surface area (Å²) in [6.07, 6.45) is 2.12. The van der Waals surface area contributed by atoms with Gasteiger partial charge in [-0.3, -0.25) is 4.79 Å². The van der Waals surface area contributed by atoms with E-state index < -0.39 is 0 Å². The van der Waals surface area contributed by atoms with Crippen LogP contribution < -0.4 is 0 Å². The third-order valence-corrected chi connectivity index (χ3v) is 5.12. The van der Waals surface area contributed by atoms with Crippen molar-refractivity contribution in [3.63, 3.8) is 0 Å². The average Bonchev–Trinajstić information content (AvgIpc) is 2.52. The van der Waals surface area contributed by atoms with E-state index in [1.807, 2.05) is 27.7 Å². The summed E-state index contributed by atoms with van der Waals surface area (Å²) < 4.78 is 0. The molecule has 1 rings (SSSR count). The number of allylic oxidation sites excluding steroid dienone is 7. The quantitative estimate of drug-likeness (QED) is 0.392. The molecule has 0 saturated carbocycles. The summed E-state index contributed by atoms with van der Waals surface area (Å²) in [6.45, 7) is 22.6. The van der Waals surface area contributed by atoms with E-state index >= 15 is 0 Å². The molecule has 1 unspecified atom stereocenters. The maximum Gasteiger partial charge on any atom is 0.156 e. The molecular formula is C25H34O. The summed E-state index contributed by atoms with van der Waals surface area (Å²) in [5.74, 6) is 0.0326. The molecule has 0 radical (unpaired) electrons. The number of aryl methyl sites for hydroxylation is 2. The standard InChI is InChI=1S/C25H34O/c1-11-18(7)20(9)23(15(2)3)25(24(16(4)5)21(10)26)22-13-12-17(6)14-19(22)8/h11-14,25H,2H2,1,3-10H3/b18-11-,23-20+. The van der Waals surface area contributed by atoms with Crippen molar-refractivity contribution in [2.45, 2.75) is 68.2 Å². The molecular weight excluding hydrogens is 316 g/mol. The predicted octanol–water partition coefficient (Wildman–Crippen LogP) is 7.17. The highest BCUT2D eigenvalue weighted by molar-refractivity contribution is 5.96. The van der Waals surface area contributed by atoms with Crippen LogP contribution in [0, 0.1) is 13.8 Å². The van der Waals surface area contributed by atoms with Crippen LogP contribution in [0.4, 0.5) is 0 Å². The van der Waals surface area contributed by atoms with E-state index in [1.165, 1.54) is 27.8 Å². The molecule has 0 amide bonds. The fraction of sp³-hybridized carbons (Fsp3) is 0.400. The Bertz CT molecular complexity index is 809. The lowest BCUT2D eigenvalue weighted by Gasteiger charge is -2.28. The zero-order valence-corrected chi connectivity index (χ0v) is 18.0. The highest BCUT2D eigenvalue weighted by Crippen LogP contribution is 2.41. The van der Waals surface area contributed by atoms with Crippen LogP contribution in [0.1, 0.15) is 71.1 Å². The van der Waals surface area contributed by atoms with E-state index in [9.17, 15) is 4.79 Å². The molecule has 1 aromatic carbocycles.